The van der Waals surface area contributed by atoms with Crippen molar-refractivity contribution < 1.29 is 9.53 Å². The molecule has 3 rings (SSSR count). The zero-order valence-corrected chi connectivity index (χ0v) is 14.9. The fraction of sp³-hybridized carbons (Fsp3) is 0.611. The monoisotopic (exact) mass is 338 g/mol. The van der Waals surface area contributed by atoms with Crippen LogP contribution in [0.5, 0.6) is 5.75 Å². The van der Waals surface area contributed by atoms with Crippen LogP contribution in [0.3, 0.4) is 0 Å². The van der Waals surface area contributed by atoms with Crippen LogP contribution in [0, 0.1) is 12.3 Å². The van der Waals surface area contributed by atoms with Gasteiger partial charge in [0, 0.05) is 25.2 Å². The molecule has 1 amide bonds. The van der Waals surface area contributed by atoms with Gasteiger partial charge in [0.25, 0.3) is 0 Å². The molecule has 1 aromatic carbocycles. The van der Waals surface area contributed by atoms with Gasteiger partial charge in [-0.15, -0.1) is 12.4 Å². The highest BCUT2D eigenvalue weighted by atomic mass is 35.5. The van der Waals surface area contributed by atoms with E-state index in [1.165, 1.54) is 12.0 Å². The molecule has 0 atom stereocenters. The SMILES string of the molecule is COc1ccc(C)cc1CC(=O)N1CCC2(CCNC2)CC1.Cl. The Morgan fingerprint density at radius 3 is 2.65 bits per heavy atom. The predicted molar refractivity (Wildman–Crippen MR) is 94.4 cm³/mol. The number of hydrogen-bond donors (Lipinski definition) is 1. The van der Waals surface area contributed by atoms with Gasteiger partial charge in [0.2, 0.25) is 5.91 Å². The highest BCUT2D eigenvalue weighted by Crippen LogP contribution is 2.37. The van der Waals surface area contributed by atoms with Crippen molar-refractivity contribution in [3.8, 4) is 5.75 Å². The quantitative estimate of drug-likeness (QED) is 0.921. The summed E-state index contributed by atoms with van der Waals surface area (Å²) < 4.78 is 5.39. The standard InChI is InChI=1S/C18H26N2O2.ClH/c1-14-3-4-16(22-2)15(11-14)12-17(21)20-9-6-18(7-10-20)5-8-19-13-18;/h3-4,11,19H,5-10,12-13H2,1-2H3;1H. The van der Waals surface area contributed by atoms with Crippen LogP contribution in [0.15, 0.2) is 18.2 Å². The van der Waals surface area contributed by atoms with Crippen molar-refractivity contribution in [1.29, 1.82) is 0 Å². The van der Waals surface area contributed by atoms with E-state index in [2.05, 4.69) is 11.4 Å². The lowest BCUT2D eigenvalue weighted by molar-refractivity contribution is -0.132. The number of carbonyl (C=O) groups is 1. The average molecular weight is 339 g/mol. The van der Waals surface area contributed by atoms with Crippen LogP contribution in [0.4, 0.5) is 0 Å². The van der Waals surface area contributed by atoms with E-state index in [4.69, 9.17) is 4.74 Å². The summed E-state index contributed by atoms with van der Waals surface area (Å²) in [5.74, 6) is 1.04. The van der Waals surface area contributed by atoms with E-state index >= 15 is 0 Å². The minimum Gasteiger partial charge on any atom is -0.496 e. The number of rotatable bonds is 3. The molecule has 0 bridgehead atoms. The largest absolute Gasteiger partial charge is 0.496 e. The lowest BCUT2D eigenvalue weighted by atomic mass is 9.78. The van der Waals surface area contributed by atoms with Crippen molar-refractivity contribution in [3.63, 3.8) is 0 Å². The Hall–Kier alpha value is -1.26. The van der Waals surface area contributed by atoms with Crippen LogP contribution in [0.1, 0.15) is 30.4 Å². The average Bonchev–Trinajstić information content (AvgIpc) is 2.96. The van der Waals surface area contributed by atoms with Gasteiger partial charge in [0.1, 0.15) is 5.75 Å². The summed E-state index contributed by atoms with van der Waals surface area (Å²) in [7, 11) is 1.66. The Morgan fingerprint density at radius 2 is 2.04 bits per heavy atom. The van der Waals surface area contributed by atoms with Crippen LogP contribution in [0.2, 0.25) is 0 Å². The van der Waals surface area contributed by atoms with Crippen LogP contribution in [0.25, 0.3) is 0 Å². The van der Waals surface area contributed by atoms with Gasteiger partial charge in [-0.1, -0.05) is 17.7 Å². The van der Waals surface area contributed by atoms with Crippen molar-refractivity contribution in [1.82, 2.24) is 10.2 Å². The second kappa shape index (κ2) is 7.54. The second-order valence-corrected chi connectivity index (χ2v) is 6.80. The summed E-state index contributed by atoms with van der Waals surface area (Å²) in [5, 5.41) is 3.47. The summed E-state index contributed by atoms with van der Waals surface area (Å²) in [5.41, 5.74) is 2.62. The summed E-state index contributed by atoms with van der Waals surface area (Å²) in [4.78, 5) is 14.6. The molecule has 2 heterocycles. The Labute approximate surface area is 145 Å². The summed E-state index contributed by atoms with van der Waals surface area (Å²) in [6, 6.07) is 6.03. The first kappa shape index (κ1) is 18.1. The van der Waals surface area contributed by atoms with Crippen molar-refractivity contribution in [3.05, 3.63) is 29.3 Å². The molecule has 4 nitrogen and oxygen atoms in total. The third kappa shape index (κ3) is 3.99. The minimum atomic E-state index is 0. The number of halogens is 1. The number of nitrogens with one attached hydrogen (secondary N) is 1. The molecular weight excluding hydrogens is 312 g/mol. The van der Waals surface area contributed by atoms with Gasteiger partial charge < -0.3 is 15.0 Å². The molecule has 1 N–H and O–H groups in total. The van der Waals surface area contributed by atoms with Crippen molar-refractivity contribution in [2.75, 3.05) is 33.3 Å². The van der Waals surface area contributed by atoms with Gasteiger partial charge in [-0.3, -0.25) is 4.79 Å². The van der Waals surface area contributed by atoms with Crippen molar-refractivity contribution in [2.45, 2.75) is 32.6 Å². The number of ether oxygens (including phenoxy) is 1. The number of methoxy groups -OCH3 is 1. The zero-order valence-electron chi connectivity index (χ0n) is 14.1. The Morgan fingerprint density at radius 1 is 1.30 bits per heavy atom. The number of piperidine rings is 1. The molecule has 2 saturated heterocycles. The van der Waals surface area contributed by atoms with Gasteiger partial charge in [0.15, 0.2) is 0 Å². The fourth-order valence-corrected chi connectivity index (χ4v) is 3.77. The third-order valence-corrected chi connectivity index (χ3v) is 5.29. The Balaban J connectivity index is 0.00000192. The molecule has 1 spiro atoms. The van der Waals surface area contributed by atoms with Crippen molar-refractivity contribution in [2.24, 2.45) is 5.41 Å². The molecule has 2 aliphatic heterocycles. The predicted octanol–water partition coefficient (Wildman–Crippen LogP) is 2.57. The van der Waals surface area contributed by atoms with Crippen LogP contribution < -0.4 is 10.1 Å². The lowest BCUT2D eigenvalue weighted by Crippen LogP contribution is -2.44. The summed E-state index contributed by atoms with van der Waals surface area (Å²) in [6.07, 6.45) is 3.98. The number of amides is 1. The number of hydrogen-bond acceptors (Lipinski definition) is 3. The van der Waals surface area contributed by atoms with E-state index in [0.29, 0.717) is 11.8 Å². The minimum absolute atomic E-state index is 0. The maximum absolute atomic E-state index is 12.6. The van der Waals surface area contributed by atoms with Crippen LogP contribution in [-0.4, -0.2) is 44.1 Å². The number of benzene rings is 1. The van der Waals surface area contributed by atoms with E-state index in [0.717, 1.165) is 50.3 Å². The van der Waals surface area contributed by atoms with Gasteiger partial charge in [-0.25, -0.2) is 0 Å². The van der Waals surface area contributed by atoms with Crippen molar-refractivity contribution >= 4 is 18.3 Å². The first-order valence-corrected chi connectivity index (χ1v) is 8.24. The molecule has 0 unspecified atom stereocenters. The van der Waals surface area contributed by atoms with E-state index in [1.807, 2.05) is 24.0 Å². The third-order valence-electron chi connectivity index (χ3n) is 5.29. The lowest BCUT2D eigenvalue weighted by Gasteiger charge is -2.39. The molecule has 2 fully saturated rings. The number of nitrogens with zero attached hydrogens (tertiary/aromatic N) is 1. The van der Waals surface area contributed by atoms with E-state index in [1.54, 1.807) is 7.11 Å². The maximum atomic E-state index is 12.6. The highest BCUT2D eigenvalue weighted by molar-refractivity contribution is 5.85. The second-order valence-electron chi connectivity index (χ2n) is 6.80. The highest BCUT2D eigenvalue weighted by Gasteiger charge is 2.37. The van der Waals surface area contributed by atoms with Gasteiger partial charge in [-0.2, -0.15) is 0 Å². The molecule has 0 radical (unpaired) electrons. The van der Waals surface area contributed by atoms with E-state index < -0.39 is 0 Å². The summed E-state index contributed by atoms with van der Waals surface area (Å²) in [6.45, 7) is 6.10. The molecule has 0 aromatic heterocycles. The number of carbonyl (C=O) groups excluding carboxylic acids is 1. The van der Waals surface area contributed by atoms with E-state index in [9.17, 15) is 4.79 Å². The molecule has 128 valence electrons. The molecule has 5 heteroatoms. The Kier molecular flexibility index (Phi) is 5.93. The molecular formula is C18H27ClN2O2. The van der Waals surface area contributed by atoms with Gasteiger partial charge in [-0.05, 0) is 44.2 Å². The molecule has 2 aliphatic rings. The Bertz CT molecular complexity index is 546. The molecule has 1 aromatic rings. The normalized spacial score (nSPS) is 19.5. The number of aryl methyl sites for hydroxylation is 1. The maximum Gasteiger partial charge on any atom is 0.227 e. The fourth-order valence-electron chi connectivity index (χ4n) is 3.77. The van der Waals surface area contributed by atoms with E-state index in [-0.39, 0.29) is 18.3 Å². The molecule has 0 aliphatic carbocycles. The van der Waals surface area contributed by atoms with Crippen LogP contribution >= 0.6 is 12.4 Å². The first-order chi connectivity index (χ1) is 10.6. The van der Waals surface area contributed by atoms with Gasteiger partial charge in [0.05, 0.1) is 13.5 Å². The first-order valence-electron chi connectivity index (χ1n) is 8.24. The molecule has 0 saturated carbocycles. The smallest absolute Gasteiger partial charge is 0.227 e. The topological polar surface area (TPSA) is 41.6 Å². The van der Waals surface area contributed by atoms with Crippen LogP contribution in [-0.2, 0) is 11.2 Å². The molecule has 23 heavy (non-hydrogen) atoms. The number of likely N-dealkylation sites (tertiary alicyclic amines) is 1. The van der Waals surface area contributed by atoms with Gasteiger partial charge >= 0.3 is 0 Å². The zero-order chi connectivity index (χ0) is 15.6. The summed E-state index contributed by atoms with van der Waals surface area (Å²) >= 11 is 0.